The summed E-state index contributed by atoms with van der Waals surface area (Å²) in [7, 11) is 0. The number of carbonyl (C=O) groups is 1. The number of aryl methyl sites for hydroxylation is 1. The van der Waals surface area contributed by atoms with Gasteiger partial charge >= 0.3 is 0 Å². The molecule has 0 radical (unpaired) electrons. The summed E-state index contributed by atoms with van der Waals surface area (Å²) in [6.45, 7) is 6.30. The monoisotopic (exact) mass is 318 g/mol. The zero-order chi connectivity index (χ0) is 17.1. The van der Waals surface area contributed by atoms with Crippen molar-refractivity contribution in [1.82, 2.24) is 4.57 Å². The van der Waals surface area contributed by atoms with Crippen LogP contribution in [0.5, 0.6) is 0 Å². The maximum absolute atomic E-state index is 12.7. The van der Waals surface area contributed by atoms with Crippen molar-refractivity contribution in [2.24, 2.45) is 0 Å². The molecule has 122 valence electrons. The molecule has 0 aliphatic heterocycles. The third kappa shape index (κ3) is 3.25. The Hall–Kier alpha value is -2.81. The maximum atomic E-state index is 12.7. The first-order valence-corrected chi connectivity index (χ1v) is 8.20. The molecule has 3 rings (SSSR count). The van der Waals surface area contributed by atoms with Crippen LogP contribution < -0.4 is 5.32 Å². The van der Waals surface area contributed by atoms with E-state index in [1.54, 1.807) is 0 Å². The van der Waals surface area contributed by atoms with Crippen LogP contribution >= 0.6 is 0 Å². The molecule has 0 bridgehead atoms. The van der Waals surface area contributed by atoms with Gasteiger partial charge in [-0.05, 0) is 54.3 Å². The SMILES string of the molecule is Cc1ccc(C(=O)Nc2ccccc2C(C)C)cc1-n1cccc1. The zero-order valence-corrected chi connectivity index (χ0v) is 14.3. The molecule has 0 saturated carbocycles. The fourth-order valence-corrected chi connectivity index (χ4v) is 2.83. The van der Waals surface area contributed by atoms with Crippen molar-refractivity contribution in [3.05, 3.63) is 83.7 Å². The second kappa shape index (κ2) is 6.75. The third-order valence-electron chi connectivity index (χ3n) is 4.18. The molecule has 1 amide bonds. The van der Waals surface area contributed by atoms with Crippen molar-refractivity contribution < 1.29 is 4.79 Å². The Morgan fingerprint density at radius 2 is 1.71 bits per heavy atom. The number of nitrogens with zero attached hydrogens (tertiary/aromatic N) is 1. The Morgan fingerprint density at radius 3 is 2.42 bits per heavy atom. The quantitative estimate of drug-likeness (QED) is 0.708. The van der Waals surface area contributed by atoms with E-state index in [-0.39, 0.29) is 5.91 Å². The van der Waals surface area contributed by atoms with Gasteiger partial charge in [0.25, 0.3) is 5.91 Å². The molecule has 3 aromatic rings. The molecule has 0 aliphatic rings. The van der Waals surface area contributed by atoms with Crippen molar-refractivity contribution in [3.63, 3.8) is 0 Å². The van der Waals surface area contributed by atoms with Crippen LogP contribution in [0, 0.1) is 6.92 Å². The van der Waals surface area contributed by atoms with Crippen LogP contribution in [-0.2, 0) is 0 Å². The molecule has 0 aliphatic carbocycles. The van der Waals surface area contributed by atoms with E-state index in [0.29, 0.717) is 11.5 Å². The van der Waals surface area contributed by atoms with E-state index in [0.717, 1.165) is 22.5 Å². The number of hydrogen-bond donors (Lipinski definition) is 1. The van der Waals surface area contributed by atoms with Gasteiger partial charge in [0.15, 0.2) is 0 Å². The number of carbonyl (C=O) groups excluding carboxylic acids is 1. The van der Waals surface area contributed by atoms with Gasteiger partial charge in [0, 0.05) is 29.3 Å². The highest BCUT2D eigenvalue weighted by Gasteiger charge is 2.12. The molecular weight excluding hydrogens is 296 g/mol. The number of rotatable bonds is 4. The molecule has 0 saturated heterocycles. The summed E-state index contributed by atoms with van der Waals surface area (Å²) in [5.41, 5.74) is 4.82. The van der Waals surface area contributed by atoms with E-state index in [4.69, 9.17) is 0 Å². The minimum Gasteiger partial charge on any atom is -0.324 e. The second-order valence-corrected chi connectivity index (χ2v) is 6.29. The van der Waals surface area contributed by atoms with Crippen LogP contribution in [0.2, 0.25) is 0 Å². The van der Waals surface area contributed by atoms with E-state index < -0.39 is 0 Å². The number of hydrogen-bond acceptors (Lipinski definition) is 1. The maximum Gasteiger partial charge on any atom is 0.255 e. The normalized spacial score (nSPS) is 10.8. The number of anilines is 1. The Balaban J connectivity index is 1.90. The van der Waals surface area contributed by atoms with Gasteiger partial charge in [-0.15, -0.1) is 0 Å². The van der Waals surface area contributed by atoms with Crippen molar-refractivity contribution in [2.45, 2.75) is 26.7 Å². The Bertz CT molecular complexity index is 848. The topological polar surface area (TPSA) is 34.0 Å². The summed E-state index contributed by atoms with van der Waals surface area (Å²) in [4.78, 5) is 12.7. The fraction of sp³-hybridized carbons (Fsp3) is 0.190. The van der Waals surface area contributed by atoms with E-state index in [9.17, 15) is 4.79 Å². The smallest absolute Gasteiger partial charge is 0.255 e. The molecule has 1 heterocycles. The number of para-hydroxylation sites is 1. The van der Waals surface area contributed by atoms with Crippen LogP contribution in [-0.4, -0.2) is 10.5 Å². The Kier molecular flexibility index (Phi) is 4.52. The lowest BCUT2D eigenvalue weighted by atomic mass is 10.0. The summed E-state index contributed by atoms with van der Waals surface area (Å²) in [6.07, 6.45) is 3.97. The highest BCUT2D eigenvalue weighted by atomic mass is 16.1. The molecule has 0 spiro atoms. The number of amides is 1. The van der Waals surface area contributed by atoms with E-state index in [2.05, 4.69) is 25.2 Å². The molecular formula is C21H22N2O. The first-order chi connectivity index (χ1) is 11.6. The average Bonchev–Trinajstić information content (AvgIpc) is 3.09. The summed E-state index contributed by atoms with van der Waals surface area (Å²) in [5.74, 6) is 0.270. The summed E-state index contributed by atoms with van der Waals surface area (Å²) in [5, 5.41) is 3.05. The van der Waals surface area contributed by atoms with Crippen LogP contribution in [0.1, 0.15) is 41.3 Å². The molecule has 24 heavy (non-hydrogen) atoms. The van der Waals surface area contributed by atoms with E-state index in [1.807, 2.05) is 72.4 Å². The Morgan fingerprint density at radius 1 is 1.00 bits per heavy atom. The highest BCUT2D eigenvalue weighted by Crippen LogP contribution is 2.24. The molecule has 1 N–H and O–H groups in total. The predicted molar refractivity (Wildman–Crippen MR) is 99.0 cm³/mol. The lowest BCUT2D eigenvalue weighted by Gasteiger charge is -2.14. The predicted octanol–water partition coefficient (Wildman–Crippen LogP) is 5.16. The van der Waals surface area contributed by atoms with E-state index in [1.165, 1.54) is 0 Å². The zero-order valence-electron chi connectivity index (χ0n) is 14.3. The van der Waals surface area contributed by atoms with E-state index >= 15 is 0 Å². The fourth-order valence-electron chi connectivity index (χ4n) is 2.83. The van der Waals surface area contributed by atoms with Crippen molar-refractivity contribution in [2.75, 3.05) is 5.32 Å². The van der Waals surface area contributed by atoms with Gasteiger partial charge in [0.1, 0.15) is 0 Å². The first-order valence-electron chi connectivity index (χ1n) is 8.20. The molecule has 0 unspecified atom stereocenters. The van der Waals surface area contributed by atoms with Gasteiger partial charge < -0.3 is 9.88 Å². The summed E-state index contributed by atoms with van der Waals surface area (Å²) < 4.78 is 2.02. The lowest BCUT2D eigenvalue weighted by Crippen LogP contribution is -2.14. The number of nitrogens with one attached hydrogen (secondary N) is 1. The second-order valence-electron chi connectivity index (χ2n) is 6.29. The summed E-state index contributed by atoms with van der Waals surface area (Å²) >= 11 is 0. The van der Waals surface area contributed by atoms with Gasteiger partial charge in [-0.2, -0.15) is 0 Å². The largest absolute Gasteiger partial charge is 0.324 e. The summed E-state index contributed by atoms with van der Waals surface area (Å²) in [6, 6.07) is 17.7. The van der Waals surface area contributed by atoms with Crippen molar-refractivity contribution >= 4 is 11.6 Å². The van der Waals surface area contributed by atoms with Crippen LogP contribution in [0.4, 0.5) is 5.69 Å². The van der Waals surface area contributed by atoms with Gasteiger partial charge in [-0.1, -0.05) is 38.1 Å². The number of benzene rings is 2. The molecule has 2 aromatic carbocycles. The van der Waals surface area contributed by atoms with Crippen LogP contribution in [0.3, 0.4) is 0 Å². The third-order valence-corrected chi connectivity index (χ3v) is 4.18. The highest BCUT2D eigenvalue weighted by molar-refractivity contribution is 6.05. The van der Waals surface area contributed by atoms with Crippen molar-refractivity contribution in [1.29, 1.82) is 0 Å². The molecule has 3 nitrogen and oxygen atoms in total. The van der Waals surface area contributed by atoms with Gasteiger partial charge in [0.05, 0.1) is 0 Å². The standard InChI is InChI=1S/C21H22N2O/c1-15(2)18-8-4-5-9-19(18)22-21(24)17-11-10-16(3)20(14-17)23-12-6-7-13-23/h4-15H,1-3H3,(H,22,24). The molecule has 3 heteroatoms. The van der Waals surface area contributed by atoms with Gasteiger partial charge in [0.2, 0.25) is 0 Å². The minimum absolute atomic E-state index is 0.0866. The minimum atomic E-state index is -0.0866. The molecule has 1 aromatic heterocycles. The molecule has 0 atom stereocenters. The van der Waals surface area contributed by atoms with Crippen LogP contribution in [0.15, 0.2) is 67.0 Å². The molecule has 0 fully saturated rings. The Labute approximate surface area is 143 Å². The first kappa shape index (κ1) is 16.1. The number of aromatic nitrogens is 1. The average molecular weight is 318 g/mol. The van der Waals surface area contributed by atoms with Gasteiger partial charge in [-0.3, -0.25) is 4.79 Å². The van der Waals surface area contributed by atoms with Crippen molar-refractivity contribution in [3.8, 4) is 5.69 Å². The van der Waals surface area contributed by atoms with Gasteiger partial charge in [-0.25, -0.2) is 0 Å². The lowest BCUT2D eigenvalue weighted by molar-refractivity contribution is 0.102. The van der Waals surface area contributed by atoms with Crippen LogP contribution in [0.25, 0.3) is 5.69 Å².